The second kappa shape index (κ2) is 8.33. The minimum absolute atomic E-state index is 0.217. The van der Waals surface area contributed by atoms with E-state index in [1.54, 1.807) is 18.9 Å². The van der Waals surface area contributed by atoms with Crippen LogP contribution < -0.4 is 10.6 Å². The number of nitrogens with one attached hydrogen (secondary N) is 2. The molecule has 124 valence electrons. The number of carbonyl (C=O) groups excluding carboxylic acids is 1. The van der Waals surface area contributed by atoms with Crippen LogP contribution in [0.3, 0.4) is 0 Å². The number of thiocarbonyl (C=S) groups is 1. The molecule has 1 atom stereocenters. The third-order valence-corrected chi connectivity index (χ3v) is 4.42. The van der Waals surface area contributed by atoms with E-state index >= 15 is 0 Å². The Bertz CT molecular complexity index is 614. The van der Waals surface area contributed by atoms with Crippen molar-refractivity contribution in [3.63, 3.8) is 0 Å². The standard InChI is InChI=1S/C16H20N2O3S2/c1-10-13(15(19)21-9-8-20-2)14(18-16(22)17-10)11-4-6-12(23-3)7-5-11/h4-7,14H,8-9H2,1-3H3,(H2,17,18,22)/t14-/m1/s1. The SMILES string of the molecule is COCCOC(=O)C1=C(C)NC(=S)N[C@@H]1c1ccc(SC)cc1. The number of thioether (sulfide) groups is 1. The summed E-state index contributed by atoms with van der Waals surface area (Å²) < 4.78 is 10.2. The van der Waals surface area contributed by atoms with Crippen LogP contribution in [0.2, 0.25) is 0 Å². The minimum Gasteiger partial charge on any atom is -0.460 e. The summed E-state index contributed by atoms with van der Waals surface area (Å²) in [7, 11) is 1.57. The molecule has 0 amide bonds. The van der Waals surface area contributed by atoms with Gasteiger partial charge in [-0.05, 0) is 43.1 Å². The molecule has 1 aliphatic heterocycles. The first-order valence-electron chi connectivity index (χ1n) is 7.15. The summed E-state index contributed by atoms with van der Waals surface area (Å²) in [4.78, 5) is 13.6. The average molecular weight is 352 g/mol. The van der Waals surface area contributed by atoms with E-state index in [1.165, 1.54) is 0 Å². The molecule has 1 aromatic rings. The molecule has 0 saturated heterocycles. The first kappa shape index (κ1) is 17.8. The number of benzene rings is 1. The van der Waals surface area contributed by atoms with E-state index in [1.807, 2.05) is 37.4 Å². The normalized spacial score (nSPS) is 17.5. The zero-order valence-corrected chi connectivity index (χ0v) is 15.0. The van der Waals surface area contributed by atoms with Crippen molar-refractivity contribution in [1.82, 2.24) is 10.6 Å². The van der Waals surface area contributed by atoms with Gasteiger partial charge in [-0.25, -0.2) is 4.79 Å². The fourth-order valence-electron chi connectivity index (χ4n) is 2.31. The predicted octanol–water partition coefficient (Wildman–Crippen LogP) is 2.39. The molecule has 2 rings (SSSR count). The lowest BCUT2D eigenvalue weighted by Gasteiger charge is -2.30. The molecule has 2 N–H and O–H groups in total. The van der Waals surface area contributed by atoms with E-state index in [2.05, 4.69) is 10.6 Å². The zero-order chi connectivity index (χ0) is 16.8. The van der Waals surface area contributed by atoms with E-state index in [0.29, 0.717) is 23.0 Å². The molecular weight excluding hydrogens is 332 g/mol. The van der Waals surface area contributed by atoms with Gasteiger partial charge >= 0.3 is 5.97 Å². The molecule has 0 bridgehead atoms. The Balaban J connectivity index is 2.27. The van der Waals surface area contributed by atoms with Gasteiger partial charge in [0.1, 0.15) is 6.61 Å². The number of rotatable bonds is 6. The fraction of sp³-hybridized carbons (Fsp3) is 0.375. The van der Waals surface area contributed by atoms with Crippen molar-refractivity contribution in [3.8, 4) is 0 Å². The molecule has 1 aromatic carbocycles. The molecule has 0 spiro atoms. The van der Waals surface area contributed by atoms with Crippen molar-refractivity contribution in [2.75, 3.05) is 26.6 Å². The van der Waals surface area contributed by atoms with Crippen molar-refractivity contribution in [2.24, 2.45) is 0 Å². The van der Waals surface area contributed by atoms with E-state index < -0.39 is 0 Å². The lowest BCUT2D eigenvalue weighted by Crippen LogP contribution is -2.45. The minimum atomic E-state index is -0.374. The first-order valence-corrected chi connectivity index (χ1v) is 8.78. The Morgan fingerprint density at radius 1 is 1.30 bits per heavy atom. The molecule has 1 aliphatic rings. The van der Waals surface area contributed by atoms with Crippen LogP contribution in [0.15, 0.2) is 40.4 Å². The number of carbonyl (C=O) groups is 1. The number of ether oxygens (including phenoxy) is 2. The summed E-state index contributed by atoms with van der Waals surface area (Å²) in [5, 5.41) is 6.63. The number of methoxy groups -OCH3 is 1. The molecule has 0 fully saturated rings. The van der Waals surface area contributed by atoms with Crippen molar-refractivity contribution in [3.05, 3.63) is 41.1 Å². The maximum Gasteiger partial charge on any atom is 0.338 e. The van der Waals surface area contributed by atoms with Crippen LogP contribution in [0, 0.1) is 0 Å². The molecule has 0 radical (unpaired) electrons. The molecule has 0 unspecified atom stereocenters. The number of allylic oxidation sites excluding steroid dienone is 1. The molecule has 7 heteroatoms. The summed E-state index contributed by atoms with van der Waals surface area (Å²) in [5.74, 6) is -0.374. The molecule has 0 aromatic heterocycles. The second-order valence-corrected chi connectivity index (χ2v) is 6.26. The molecule has 5 nitrogen and oxygen atoms in total. The highest BCUT2D eigenvalue weighted by molar-refractivity contribution is 7.98. The van der Waals surface area contributed by atoms with Crippen LogP contribution in [-0.4, -0.2) is 37.7 Å². The molecule has 0 saturated carbocycles. The van der Waals surface area contributed by atoms with Gasteiger partial charge in [0.05, 0.1) is 18.2 Å². The highest BCUT2D eigenvalue weighted by Crippen LogP contribution is 2.28. The van der Waals surface area contributed by atoms with Crippen LogP contribution >= 0.6 is 24.0 Å². The van der Waals surface area contributed by atoms with E-state index in [4.69, 9.17) is 21.7 Å². The van der Waals surface area contributed by atoms with Crippen molar-refractivity contribution in [1.29, 1.82) is 0 Å². The van der Waals surface area contributed by atoms with Gasteiger partial charge in [-0.3, -0.25) is 0 Å². The van der Waals surface area contributed by atoms with Gasteiger partial charge in [0.25, 0.3) is 0 Å². The summed E-state index contributed by atoms with van der Waals surface area (Å²) >= 11 is 6.89. The van der Waals surface area contributed by atoms with Gasteiger partial charge < -0.3 is 20.1 Å². The van der Waals surface area contributed by atoms with Gasteiger partial charge in [-0.15, -0.1) is 11.8 Å². The van der Waals surface area contributed by atoms with Crippen LogP contribution in [-0.2, 0) is 14.3 Å². The molecule has 23 heavy (non-hydrogen) atoms. The number of hydrogen-bond donors (Lipinski definition) is 2. The summed E-state index contributed by atoms with van der Waals surface area (Å²) in [6.45, 7) is 2.41. The molecule has 0 aliphatic carbocycles. The van der Waals surface area contributed by atoms with Gasteiger partial charge in [0, 0.05) is 17.7 Å². The van der Waals surface area contributed by atoms with Crippen LogP contribution in [0.5, 0.6) is 0 Å². The Morgan fingerprint density at radius 3 is 2.61 bits per heavy atom. The maximum atomic E-state index is 12.4. The van der Waals surface area contributed by atoms with Crippen molar-refractivity contribution in [2.45, 2.75) is 17.9 Å². The van der Waals surface area contributed by atoms with Gasteiger partial charge in [0.2, 0.25) is 0 Å². The lowest BCUT2D eigenvalue weighted by atomic mass is 9.96. The highest BCUT2D eigenvalue weighted by atomic mass is 32.2. The van der Waals surface area contributed by atoms with Gasteiger partial charge in [0.15, 0.2) is 5.11 Å². The smallest absolute Gasteiger partial charge is 0.338 e. The average Bonchev–Trinajstić information content (AvgIpc) is 2.54. The Kier molecular flexibility index (Phi) is 6.44. The van der Waals surface area contributed by atoms with Crippen LogP contribution in [0.25, 0.3) is 0 Å². The lowest BCUT2D eigenvalue weighted by molar-refractivity contribution is -0.140. The fourth-order valence-corrected chi connectivity index (χ4v) is 2.99. The Hall–Kier alpha value is -1.57. The molecular formula is C16H20N2O3S2. The van der Waals surface area contributed by atoms with Crippen molar-refractivity contribution >= 4 is 35.1 Å². The van der Waals surface area contributed by atoms with Crippen molar-refractivity contribution < 1.29 is 14.3 Å². The molecule has 1 heterocycles. The van der Waals surface area contributed by atoms with Gasteiger partial charge in [-0.1, -0.05) is 12.1 Å². The van der Waals surface area contributed by atoms with E-state index in [-0.39, 0.29) is 18.6 Å². The van der Waals surface area contributed by atoms with E-state index in [9.17, 15) is 4.79 Å². The topological polar surface area (TPSA) is 59.6 Å². The largest absolute Gasteiger partial charge is 0.460 e. The summed E-state index contributed by atoms with van der Waals surface area (Å²) in [5.41, 5.74) is 2.20. The maximum absolute atomic E-state index is 12.4. The van der Waals surface area contributed by atoms with Gasteiger partial charge in [-0.2, -0.15) is 0 Å². The van der Waals surface area contributed by atoms with Crippen LogP contribution in [0.4, 0.5) is 0 Å². The van der Waals surface area contributed by atoms with Crippen LogP contribution in [0.1, 0.15) is 18.5 Å². The third-order valence-electron chi connectivity index (χ3n) is 3.46. The van der Waals surface area contributed by atoms with E-state index in [0.717, 1.165) is 10.5 Å². The Labute approximate surface area is 145 Å². The second-order valence-electron chi connectivity index (χ2n) is 4.97. The zero-order valence-electron chi connectivity index (χ0n) is 13.3. The first-order chi connectivity index (χ1) is 11.1. The monoisotopic (exact) mass is 352 g/mol. The third kappa shape index (κ3) is 4.46. The highest BCUT2D eigenvalue weighted by Gasteiger charge is 2.30. The number of esters is 1. The number of hydrogen-bond acceptors (Lipinski definition) is 5. The predicted molar refractivity (Wildman–Crippen MR) is 95.4 cm³/mol. The summed E-state index contributed by atoms with van der Waals surface area (Å²) in [6.07, 6.45) is 2.02. The summed E-state index contributed by atoms with van der Waals surface area (Å²) in [6, 6.07) is 7.71. The quantitative estimate of drug-likeness (QED) is 0.353. The Morgan fingerprint density at radius 2 is 2.00 bits per heavy atom.